The van der Waals surface area contributed by atoms with E-state index in [0.29, 0.717) is 25.1 Å². The zero-order valence-corrected chi connectivity index (χ0v) is 17.9. The number of benzene rings is 1. The van der Waals surface area contributed by atoms with E-state index < -0.39 is 36.3 Å². The fourth-order valence-corrected chi connectivity index (χ4v) is 3.22. The topological polar surface area (TPSA) is 106 Å². The average Bonchev–Trinajstić information content (AvgIpc) is 3.48. The Kier molecular flexibility index (Phi) is 7.57. The van der Waals surface area contributed by atoms with Gasteiger partial charge in [-0.05, 0) is 57.7 Å². The number of carbonyl (C=O) groups excluding carboxylic acids is 1. The Balaban J connectivity index is 1.46. The van der Waals surface area contributed by atoms with Crippen LogP contribution in [-0.2, 0) is 20.6 Å². The third-order valence-corrected chi connectivity index (χ3v) is 4.86. The maximum Gasteiger partial charge on any atom is 0.407 e. The Hall–Kier alpha value is -1.87. The van der Waals surface area contributed by atoms with Gasteiger partial charge in [-0.15, -0.1) is 0 Å². The lowest BCUT2D eigenvalue weighted by molar-refractivity contribution is -0.240. The molecule has 3 rings (SSSR count). The second-order valence-corrected chi connectivity index (χ2v) is 8.83. The molecule has 0 unspecified atom stereocenters. The zero-order chi connectivity index (χ0) is 21.7. The predicted octanol–water partition coefficient (Wildman–Crippen LogP) is 2.15. The summed E-state index contributed by atoms with van der Waals surface area (Å²) in [6, 6.07) is 7.51. The zero-order valence-electron chi connectivity index (χ0n) is 17.9. The molecule has 168 valence electrons. The maximum absolute atomic E-state index is 11.7. The van der Waals surface area contributed by atoms with Crippen molar-refractivity contribution in [1.82, 2.24) is 5.32 Å². The quantitative estimate of drug-likeness (QED) is 0.588. The number of carbonyl (C=O) groups is 1. The molecule has 1 aliphatic carbocycles. The Morgan fingerprint density at radius 2 is 1.93 bits per heavy atom. The highest BCUT2D eigenvalue weighted by molar-refractivity contribution is 5.67. The van der Waals surface area contributed by atoms with Gasteiger partial charge in [-0.2, -0.15) is 0 Å². The summed E-state index contributed by atoms with van der Waals surface area (Å²) in [6.45, 7) is 5.65. The molecule has 8 heteroatoms. The lowest BCUT2D eigenvalue weighted by Crippen LogP contribution is -2.52. The first-order valence-corrected chi connectivity index (χ1v) is 10.6. The molecular formula is C22H33NO7. The van der Waals surface area contributed by atoms with Gasteiger partial charge in [0.15, 0.2) is 0 Å². The number of amides is 1. The molecule has 1 aromatic rings. The fourth-order valence-electron chi connectivity index (χ4n) is 3.22. The van der Waals surface area contributed by atoms with Crippen molar-refractivity contribution in [2.24, 2.45) is 0 Å². The normalized spacial score (nSPS) is 26.8. The molecule has 2 fully saturated rings. The first-order valence-electron chi connectivity index (χ1n) is 10.6. The maximum atomic E-state index is 11.7. The highest BCUT2D eigenvalue weighted by Crippen LogP contribution is 2.32. The van der Waals surface area contributed by atoms with E-state index in [1.165, 1.54) is 0 Å². The van der Waals surface area contributed by atoms with Crippen LogP contribution in [0.3, 0.4) is 0 Å². The summed E-state index contributed by atoms with van der Waals surface area (Å²) >= 11 is 0. The van der Waals surface area contributed by atoms with Crippen molar-refractivity contribution < 1.29 is 34.0 Å². The molecule has 1 aliphatic heterocycles. The van der Waals surface area contributed by atoms with Gasteiger partial charge in [-0.3, -0.25) is 0 Å². The van der Waals surface area contributed by atoms with Crippen LogP contribution < -0.4 is 10.1 Å². The van der Waals surface area contributed by atoms with E-state index in [9.17, 15) is 15.0 Å². The Morgan fingerprint density at radius 3 is 2.53 bits per heavy atom. The SMILES string of the molecule is CC(C)(C)OC(=O)NCCc1ccc(O[C@H]2C[C@@H](OC3CC3)[C@H](O)[C@@H](CO)O2)cc1. The molecule has 1 aromatic carbocycles. The van der Waals surface area contributed by atoms with Crippen molar-refractivity contribution in [3.63, 3.8) is 0 Å². The minimum atomic E-state index is -0.865. The molecule has 0 radical (unpaired) electrons. The number of ether oxygens (including phenoxy) is 4. The molecule has 8 nitrogen and oxygen atoms in total. The van der Waals surface area contributed by atoms with E-state index in [4.69, 9.17) is 18.9 Å². The number of nitrogens with one attached hydrogen (secondary N) is 1. The number of rotatable bonds is 8. The van der Waals surface area contributed by atoms with Crippen molar-refractivity contribution in [1.29, 1.82) is 0 Å². The van der Waals surface area contributed by atoms with Crippen molar-refractivity contribution in [3.8, 4) is 5.75 Å². The smallest absolute Gasteiger partial charge is 0.407 e. The Bertz CT molecular complexity index is 684. The van der Waals surface area contributed by atoms with Crippen LogP contribution in [0, 0.1) is 0 Å². The van der Waals surface area contributed by atoms with Gasteiger partial charge in [0.2, 0.25) is 6.29 Å². The van der Waals surface area contributed by atoms with Crippen LogP contribution in [0.2, 0.25) is 0 Å². The number of hydrogen-bond acceptors (Lipinski definition) is 7. The van der Waals surface area contributed by atoms with Gasteiger partial charge in [0.1, 0.15) is 23.6 Å². The van der Waals surface area contributed by atoms with Gasteiger partial charge in [0.25, 0.3) is 0 Å². The third-order valence-electron chi connectivity index (χ3n) is 4.86. The van der Waals surface area contributed by atoms with Crippen molar-refractivity contribution in [2.75, 3.05) is 13.2 Å². The van der Waals surface area contributed by atoms with Gasteiger partial charge in [-0.25, -0.2) is 4.79 Å². The largest absolute Gasteiger partial charge is 0.465 e. The average molecular weight is 424 g/mol. The van der Waals surface area contributed by atoms with Crippen molar-refractivity contribution >= 4 is 6.09 Å². The van der Waals surface area contributed by atoms with E-state index in [-0.39, 0.29) is 12.7 Å². The van der Waals surface area contributed by atoms with Gasteiger partial charge in [0.05, 0.1) is 18.8 Å². The summed E-state index contributed by atoms with van der Waals surface area (Å²) in [5.41, 5.74) is 0.527. The van der Waals surface area contributed by atoms with E-state index in [1.807, 2.05) is 45.0 Å². The van der Waals surface area contributed by atoms with Crippen LogP contribution in [0.5, 0.6) is 5.75 Å². The first-order chi connectivity index (χ1) is 14.2. The summed E-state index contributed by atoms with van der Waals surface area (Å²) in [5, 5.41) is 22.5. The van der Waals surface area contributed by atoms with Crippen molar-refractivity contribution in [2.45, 2.75) is 82.8 Å². The highest BCUT2D eigenvalue weighted by Gasteiger charge is 2.41. The third kappa shape index (κ3) is 7.12. The number of hydrogen-bond donors (Lipinski definition) is 3. The molecular weight excluding hydrogens is 390 g/mol. The van der Waals surface area contributed by atoms with Crippen LogP contribution in [-0.4, -0.2) is 65.8 Å². The van der Waals surface area contributed by atoms with E-state index in [2.05, 4.69) is 5.32 Å². The van der Waals surface area contributed by atoms with Gasteiger partial charge in [-0.1, -0.05) is 12.1 Å². The van der Waals surface area contributed by atoms with Crippen LogP contribution in [0.1, 0.15) is 45.6 Å². The molecule has 3 N–H and O–H groups in total. The number of aliphatic hydroxyl groups is 2. The predicted molar refractivity (Wildman–Crippen MR) is 109 cm³/mol. The fraction of sp³-hybridized carbons (Fsp3) is 0.682. The van der Waals surface area contributed by atoms with E-state index >= 15 is 0 Å². The lowest BCUT2D eigenvalue weighted by atomic mass is 10.0. The van der Waals surface area contributed by atoms with Gasteiger partial charge in [0, 0.05) is 13.0 Å². The molecule has 0 bridgehead atoms. The summed E-state index contributed by atoms with van der Waals surface area (Å²) in [5.74, 6) is 0.627. The van der Waals surface area contributed by atoms with Crippen LogP contribution in [0.4, 0.5) is 4.79 Å². The second kappa shape index (κ2) is 9.96. The standard InChI is InChI=1S/C22H33NO7/c1-22(2,3)30-21(26)23-11-10-14-4-6-16(7-5-14)28-19-12-17(27-15-8-9-15)20(25)18(13-24)29-19/h4-7,15,17-20,24-25H,8-13H2,1-3H3,(H,23,26)/t17-,18-,19-,20+/m1/s1. The van der Waals surface area contributed by atoms with Crippen LogP contribution in [0.25, 0.3) is 0 Å². The van der Waals surface area contributed by atoms with E-state index in [0.717, 1.165) is 18.4 Å². The molecule has 30 heavy (non-hydrogen) atoms. The first kappa shape index (κ1) is 22.8. The summed E-state index contributed by atoms with van der Waals surface area (Å²) < 4.78 is 22.7. The summed E-state index contributed by atoms with van der Waals surface area (Å²) in [7, 11) is 0. The number of aliphatic hydroxyl groups excluding tert-OH is 2. The molecule has 1 amide bonds. The molecule has 2 aliphatic rings. The van der Waals surface area contributed by atoms with E-state index in [1.54, 1.807) is 0 Å². The number of alkyl carbamates (subject to hydrolysis) is 1. The Morgan fingerprint density at radius 1 is 1.23 bits per heavy atom. The highest BCUT2D eigenvalue weighted by atomic mass is 16.7. The minimum Gasteiger partial charge on any atom is -0.465 e. The minimum absolute atomic E-state index is 0.191. The molecule has 0 spiro atoms. The van der Waals surface area contributed by atoms with Crippen LogP contribution in [0.15, 0.2) is 24.3 Å². The summed E-state index contributed by atoms with van der Waals surface area (Å²) in [4.78, 5) is 11.7. The molecule has 1 heterocycles. The lowest BCUT2D eigenvalue weighted by Gasteiger charge is -2.38. The van der Waals surface area contributed by atoms with Crippen LogP contribution >= 0.6 is 0 Å². The molecule has 0 aromatic heterocycles. The second-order valence-electron chi connectivity index (χ2n) is 8.83. The monoisotopic (exact) mass is 423 g/mol. The van der Waals surface area contributed by atoms with Gasteiger partial charge >= 0.3 is 6.09 Å². The molecule has 1 saturated heterocycles. The van der Waals surface area contributed by atoms with Gasteiger partial charge < -0.3 is 34.5 Å². The summed E-state index contributed by atoms with van der Waals surface area (Å²) in [6.07, 6.45) is 0.219. The van der Waals surface area contributed by atoms with Crippen molar-refractivity contribution in [3.05, 3.63) is 29.8 Å². The molecule has 1 saturated carbocycles. The molecule has 4 atom stereocenters. The Labute approximate surface area is 177 Å².